The van der Waals surface area contributed by atoms with Gasteiger partial charge in [-0.2, -0.15) is 0 Å². The number of fused-ring (bicyclic) bond motifs is 1. The number of hydrogen-bond donors (Lipinski definition) is 0. The number of ether oxygens (including phenoxy) is 1. The van der Waals surface area contributed by atoms with E-state index in [1.54, 1.807) is 7.11 Å². The van der Waals surface area contributed by atoms with E-state index in [2.05, 4.69) is 76.6 Å². The second kappa shape index (κ2) is 8.88. The van der Waals surface area contributed by atoms with Crippen LogP contribution in [-0.4, -0.2) is 41.6 Å². The standard InChI is InChI=1S/C28H40N2O3Si/c1-19-20(2)27-25(24(18-32-27)33-34(8,9)28(4,5)6)21(3)26(19)30-16-14-29(15-17-30)22-10-12-23(31-7)13-11-22/h10-13,18H,14-17H2,1-9H3. The number of anilines is 2. The van der Waals surface area contributed by atoms with E-state index >= 15 is 0 Å². The monoisotopic (exact) mass is 480 g/mol. The van der Waals surface area contributed by atoms with Crippen molar-refractivity contribution in [1.82, 2.24) is 0 Å². The fourth-order valence-electron chi connectivity index (χ4n) is 4.68. The van der Waals surface area contributed by atoms with Crippen LogP contribution in [0.15, 0.2) is 34.9 Å². The predicted octanol–water partition coefficient (Wildman–Crippen LogP) is 7.08. The van der Waals surface area contributed by atoms with Crippen LogP contribution in [0.4, 0.5) is 11.4 Å². The van der Waals surface area contributed by atoms with Crippen LogP contribution in [0, 0.1) is 20.8 Å². The van der Waals surface area contributed by atoms with E-state index in [1.807, 2.05) is 18.4 Å². The van der Waals surface area contributed by atoms with Crippen molar-refractivity contribution in [2.45, 2.75) is 59.7 Å². The minimum absolute atomic E-state index is 0.130. The molecule has 6 heteroatoms. The zero-order valence-corrected chi connectivity index (χ0v) is 23.3. The van der Waals surface area contributed by atoms with E-state index in [0.717, 1.165) is 48.6 Å². The van der Waals surface area contributed by atoms with Crippen molar-refractivity contribution in [3.05, 3.63) is 47.2 Å². The molecule has 1 aromatic heterocycles. The molecule has 0 aliphatic carbocycles. The molecule has 0 bridgehead atoms. The molecule has 1 fully saturated rings. The summed E-state index contributed by atoms with van der Waals surface area (Å²) in [6, 6.07) is 8.38. The molecule has 0 saturated carbocycles. The maximum atomic E-state index is 6.74. The Labute approximate surface area is 205 Å². The molecular formula is C28H40N2O3Si. The van der Waals surface area contributed by atoms with Crippen LogP contribution < -0.4 is 19.0 Å². The normalized spacial score (nSPS) is 15.2. The highest BCUT2D eigenvalue weighted by Crippen LogP contribution is 2.44. The number of piperazine rings is 1. The fourth-order valence-corrected chi connectivity index (χ4v) is 5.69. The number of aryl methyl sites for hydroxylation is 2. The average Bonchev–Trinajstić information content (AvgIpc) is 3.21. The summed E-state index contributed by atoms with van der Waals surface area (Å²) < 4.78 is 18.1. The SMILES string of the molecule is COc1ccc(N2CCN(c3c(C)c(C)c4occ(O[Si](C)(C)C(C)(C)C)c4c3C)CC2)cc1. The van der Waals surface area contributed by atoms with Gasteiger partial charge in [0.05, 0.1) is 12.5 Å². The van der Waals surface area contributed by atoms with Crippen LogP contribution in [0.3, 0.4) is 0 Å². The van der Waals surface area contributed by atoms with Crippen LogP contribution in [0.2, 0.25) is 18.1 Å². The third kappa shape index (κ3) is 4.28. The minimum atomic E-state index is -1.98. The highest BCUT2D eigenvalue weighted by atomic mass is 28.4. The molecule has 3 aromatic rings. The molecular weight excluding hydrogens is 440 g/mol. The molecule has 1 saturated heterocycles. The van der Waals surface area contributed by atoms with E-state index < -0.39 is 8.32 Å². The molecule has 0 amide bonds. The molecule has 5 nitrogen and oxygen atoms in total. The lowest BCUT2D eigenvalue weighted by Crippen LogP contribution is -2.47. The van der Waals surface area contributed by atoms with Crippen molar-refractivity contribution in [2.24, 2.45) is 0 Å². The smallest absolute Gasteiger partial charge is 0.250 e. The van der Waals surface area contributed by atoms with Gasteiger partial charge in [0.1, 0.15) is 17.6 Å². The molecule has 0 unspecified atom stereocenters. The number of methoxy groups -OCH3 is 1. The Morgan fingerprint density at radius 3 is 2.00 bits per heavy atom. The summed E-state index contributed by atoms with van der Waals surface area (Å²) in [5, 5.41) is 1.27. The van der Waals surface area contributed by atoms with Crippen LogP contribution in [-0.2, 0) is 0 Å². The van der Waals surface area contributed by atoms with Crippen molar-refractivity contribution in [3.8, 4) is 11.5 Å². The van der Waals surface area contributed by atoms with E-state index in [-0.39, 0.29) is 5.04 Å². The van der Waals surface area contributed by atoms with Gasteiger partial charge in [-0.3, -0.25) is 0 Å². The molecule has 0 N–H and O–H groups in total. The number of furan rings is 1. The number of benzene rings is 2. The van der Waals surface area contributed by atoms with Crippen molar-refractivity contribution < 1.29 is 13.6 Å². The topological polar surface area (TPSA) is 38.1 Å². The zero-order valence-electron chi connectivity index (χ0n) is 22.3. The third-order valence-corrected chi connectivity index (χ3v) is 12.3. The summed E-state index contributed by atoms with van der Waals surface area (Å²) >= 11 is 0. The Bertz CT molecular complexity index is 1170. The first-order valence-corrected chi connectivity index (χ1v) is 15.2. The van der Waals surface area contributed by atoms with Crippen LogP contribution in [0.1, 0.15) is 37.5 Å². The molecule has 0 atom stereocenters. The fraction of sp³-hybridized carbons (Fsp3) is 0.500. The van der Waals surface area contributed by atoms with Gasteiger partial charge in [0.2, 0.25) is 0 Å². The summed E-state index contributed by atoms with van der Waals surface area (Å²) in [5.74, 6) is 1.80. The van der Waals surface area contributed by atoms with Crippen LogP contribution in [0.5, 0.6) is 11.5 Å². The van der Waals surface area contributed by atoms with Crippen LogP contribution in [0.25, 0.3) is 11.0 Å². The van der Waals surface area contributed by atoms with Gasteiger partial charge in [-0.05, 0) is 79.9 Å². The lowest BCUT2D eigenvalue weighted by molar-refractivity contribution is 0.415. The predicted molar refractivity (Wildman–Crippen MR) is 146 cm³/mol. The van der Waals surface area contributed by atoms with Crippen molar-refractivity contribution >= 4 is 30.7 Å². The number of rotatable bonds is 5. The van der Waals surface area contributed by atoms with E-state index in [0.29, 0.717) is 0 Å². The maximum absolute atomic E-state index is 6.74. The van der Waals surface area contributed by atoms with E-state index in [4.69, 9.17) is 13.6 Å². The highest BCUT2D eigenvalue weighted by Gasteiger charge is 2.40. The van der Waals surface area contributed by atoms with Gasteiger partial charge in [0, 0.05) is 37.6 Å². The Morgan fingerprint density at radius 1 is 0.853 bits per heavy atom. The molecule has 34 heavy (non-hydrogen) atoms. The summed E-state index contributed by atoms with van der Waals surface area (Å²) in [5.41, 5.74) is 7.32. The Hall–Kier alpha value is -2.60. The lowest BCUT2D eigenvalue weighted by atomic mass is 9.97. The van der Waals surface area contributed by atoms with Crippen molar-refractivity contribution in [2.75, 3.05) is 43.1 Å². The summed E-state index contributed by atoms with van der Waals surface area (Å²) in [6.07, 6.45) is 1.83. The molecule has 0 spiro atoms. The summed E-state index contributed by atoms with van der Waals surface area (Å²) in [4.78, 5) is 5.00. The number of nitrogens with zero attached hydrogens (tertiary/aromatic N) is 2. The molecule has 2 aromatic carbocycles. The Morgan fingerprint density at radius 2 is 1.44 bits per heavy atom. The molecule has 1 aliphatic rings. The van der Waals surface area contributed by atoms with Gasteiger partial charge in [0.15, 0.2) is 5.75 Å². The average molecular weight is 481 g/mol. The second-order valence-corrected chi connectivity index (χ2v) is 15.8. The Balaban J connectivity index is 1.64. The first-order chi connectivity index (χ1) is 15.9. The van der Waals surface area contributed by atoms with Gasteiger partial charge in [0.25, 0.3) is 8.32 Å². The zero-order chi connectivity index (χ0) is 24.8. The summed E-state index contributed by atoms with van der Waals surface area (Å²) in [7, 11) is -0.272. The maximum Gasteiger partial charge on any atom is 0.250 e. The molecule has 2 heterocycles. The molecule has 0 radical (unpaired) electrons. The van der Waals surface area contributed by atoms with Gasteiger partial charge in [-0.15, -0.1) is 0 Å². The highest BCUT2D eigenvalue weighted by molar-refractivity contribution is 6.74. The largest absolute Gasteiger partial charge is 0.541 e. The number of hydrogen-bond acceptors (Lipinski definition) is 5. The Kier molecular flexibility index (Phi) is 6.40. The molecule has 1 aliphatic heterocycles. The van der Waals surface area contributed by atoms with Gasteiger partial charge in [-0.25, -0.2) is 0 Å². The van der Waals surface area contributed by atoms with E-state index in [9.17, 15) is 0 Å². The van der Waals surface area contributed by atoms with Gasteiger partial charge in [-0.1, -0.05) is 20.8 Å². The third-order valence-electron chi connectivity index (χ3n) is 7.95. The molecule has 4 rings (SSSR count). The lowest BCUT2D eigenvalue weighted by Gasteiger charge is -2.39. The van der Waals surface area contributed by atoms with Crippen molar-refractivity contribution in [3.63, 3.8) is 0 Å². The van der Waals surface area contributed by atoms with Gasteiger partial charge < -0.3 is 23.4 Å². The van der Waals surface area contributed by atoms with Crippen molar-refractivity contribution in [1.29, 1.82) is 0 Å². The van der Waals surface area contributed by atoms with Crippen LogP contribution >= 0.6 is 0 Å². The second-order valence-electron chi connectivity index (χ2n) is 11.1. The first-order valence-electron chi connectivity index (χ1n) is 12.3. The molecule has 184 valence electrons. The first kappa shape index (κ1) is 24.5. The van der Waals surface area contributed by atoms with E-state index in [1.165, 1.54) is 28.1 Å². The quantitative estimate of drug-likeness (QED) is 0.365. The summed E-state index contributed by atoms with van der Waals surface area (Å²) in [6.45, 7) is 22.0. The van der Waals surface area contributed by atoms with Gasteiger partial charge >= 0.3 is 0 Å². The minimum Gasteiger partial charge on any atom is -0.541 e.